The van der Waals surface area contributed by atoms with Crippen molar-refractivity contribution in [3.05, 3.63) is 0 Å². The summed E-state index contributed by atoms with van der Waals surface area (Å²) >= 11 is 6.25. The van der Waals surface area contributed by atoms with Gasteiger partial charge < -0.3 is 44.4 Å². The van der Waals surface area contributed by atoms with Crippen molar-refractivity contribution in [2.75, 3.05) is 27.0 Å². The molecule has 14 heteroatoms. The van der Waals surface area contributed by atoms with Crippen LogP contribution in [0.5, 0.6) is 0 Å². The molecule has 0 rings (SSSR count). The van der Waals surface area contributed by atoms with Gasteiger partial charge in [0.25, 0.3) is 0 Å². The number of aliphatic hydroxyl groups is 2. The van der Waals surface area contributed by atoms with Gasteiger partial charge in [0.1, 0.15) is 12.2 Å². The van der Waals surface area contributed by atoms with E-state index in [0.717, 1.165) is 0 Å². The van der Waals surface area contributed by atoms with Crippen molar-refractivity contribution in [3.63, 3.8) is 0 Å². The van der Waals surface area contributed by atoms with E-state index < -0.39 is 29.8 Å². The Labute approximate surface area is 152 Å². The molecule has 0 fully saturated rings. The third-order valence-electron chi connectivity index (χ3n) is 1.86. The first-order chi connectivity index (χ1) is 10.0. The summed E-state index contributed by atoms with van der Waals surface area (Å²) < 4.78 is 9.94. The Balaban J connectivity index is -0.000000338. The molecule has 0 aliphatic rings. The predicted molar refractivity (Wildman–Crippen MR) is 76.9 cm³/mol. The molecule has 23 heavy (non-hydrogen) atoms. The maximum atomic E-state index is 10.8. The van der Waals surface area contributed by atoms with E-state index in [2.05, 4.69) is 5.32 Å². The third kappa shape index (κ3) is 12.8. The molecule has 139 valence electrons. The van der Waals surface area contributed by atoms with Crippen LogP contribution >= 0.6 is 17.1 Å². The number of hydrogen-bond donors (Lipinski definition) is 3. The number of carbonyl (C=O) groups is 3. The van der Waals surface area contributed by atoms with E-state index in [-0.39, 0.29) is 28.7 Å². The minimum absolute atomic E-state index is 0. The summed E-state index contributed by atoms with van der Waals surface area (Å²) in [4.78, 5) is 30.1. The topological polar surface area (TPSA) is 168 Å². The molecule has 1 radical (unpaired) electrons. The summed E-state index contributed by atoms with van der Waals surface area (Å²) in [6, 6.07) is 0. The predicted octanol–water partition coefficient (Wildman–Crippen LogP) is -3.81. The average Bonchev–Trinajstić information content (AvgIpc) is 2.50. The molecule has 2 unspecified atom stereocenters. The smallest absolute Gasteiger partial charge is 0.547 e. The molecule has 0 saturated heterocycles. The molecule has 0 aromatic heterocycles. The number of rotatable bonds is 8. The molecule has 1 amide bonds. The average molecular weight is 441 g/mol. The van der Waals surface area contributed by atoms with Crippen molar-refractivity contribution in [1.29, 1.82) is 0 Å². The number of carboxylic acids is 2. The number of carbonyl (C=O) groups excluding carboxylic acids is 3. The van der Waals surface area contributed by atoms with Gasteiger partial charge in [-0.3, -0.25) is 4.79 Å². The first kappa shape index (κ1) is 27.6. The Hall–Kier alpha value is -0.231. The van der Waals surface area contributed by atoms with Gasteiger partial charge in [0.05, 0.1) is 17.7 Å². The van der Waals surface area contributed by atoms with Crippen LogP contribution in [0.2, 0.25) is 0 Å². The van der Waals surface area contributed by atoms with Crippen LogP contribution < -0.4 is 15.5 Å². The summed E-state index contributed by atoms with van der Waals surface area (Å²) in [5, 5.41) is 38.2. The van der Waals surface area contributed by atoms with Crippen LogP contribution in [0.15, 0.2) is 0 Å². The van der Waals surface area contributed by atoms with Gasteiger partial charge in [-0.1, -0.05) is 11.4 Å². The van der Waals surface area contributed by atoms with E-state index in [1.54, 1.807) is 7.05 Å². The number of aliphatic carboxylic acids is 2. The number of carboxylic acid groups (broad SMARTS) is 2. The van der Waals surface area contributed by atoms with Gasteiger partial charge in [-0.25, -0.2) is 0 Å². The summed E-state index contributed by atoms with van der Waals surface area (Å²) in [7, 11) is 4.55. The summed E-state index contributed by atoms with van der Waals surface area (Å²) in [5.41, 5.74) is -2.26. The molecular weight excluding hydrogens is 425 g/mol. The fourth-order valence-corrected chi connectivity index (χ4v) is 3.36. The Kier molecular flexibility index (Phi) is 17.0. The van der Waals surface area contributed by atoms with Crippen LogP contribution in [0, 0.1) is 0 Å². The number of amides is 1. The summed E-state index contributed by atoms with van der Waals surface area (Å²) in [5.74, 6) is -3.92. The van der Waals surface area contributed by atoms with Crippen molar-refractivity contribution in [3.8, 4) is 0 Å². The van der Waals surface area contributed by atoms with Crippen LogP contribution in [0.1, 0.15) is 0 Å². The van der Waals surface area contributed by atoms with E-state index in [1.807, 2.05) is 0 Å². The zero-order valence-corrected chi connectivity index (χ0v) is 15.6. The maximum absolute atomic E-state index is 10.8. The van der Waals surface area contributed by atoms with E-state index in [0.29, 0.717) is 0 Å². The van der Waals surface area contributed by atoms with Crippen molar-refractivity contribution < 1.29 is 60.9 Å². The Morgan fingerprint density at radius 1 is 1.17 bits per heavy atom. The molecule has 0 aliphatic carbocycles. The van der Waals surface area contributed by atoms with Gasteiger partial charge in [0, 0.05) is 21.3 Å². The van der Waals surface area contributed by atoms with Gasteiger partial charge >= 0.3 is 17.1 Å². The SMILES string of the molecule is CNC(=O)CSP(=S)(OC)OC.O=C([O-])C(O)C(O)C(=O)[O-].[Cu+2]. The fraction of sp³-hybridized carbons (Fsp3) is 0.667. The van der Waals surface area contributed by atoms with Gasteiger partial charge in [-0.15, -0.1) is 0 Å². The Bertz CT molecular complexity index is 413. The first-order valence-electron chi connectivity index (χ1n) is 5.39. The number of aliphatic hydroxyl groups excluding tert-OH is 2. The van der Waals surface area contributed by atoms with Gasteiger partial charge in [-0.05, 0) is 11.8 Å². The Morgan fingerprint density at radius 3 is 1.74 bits per heavy atom. The monoisotopic (exact) mass is 440 g/mol. The van der Waals surface area contributed by atoms with Crippen LogP contribution in [-0.4, -0.2) is 67.3 Å². The maximum Gasteiger partial charge on any atom is 2.00 e. The van der Waals surface area contributed by atoms with E-state index >= 15 is 0 Å². The van der Waals surface area contributed by atoms with Gasteiger partial charge in [-0.2, -0.15) is 0 Å². The van der Waals surface area contributed by atoms with E-state index in [1.165, 1.54) is 25.6 Å². The fourth-order valence-electron chi connectivity index (χ4n) is 0.648. The molecule has 0 bridgehead atoms. The zero-order valence-electron chi connectivity index (χ0n) is 12.2. The van der Waals surface area contributed by atoms with E-state index in [9.17, 15) is 24.6 Å². The summed E-state index contributed by atoms with van der Waals surface area (Å²) in [6.07, 6.45) is -4.88. The number of hydrogen-bond acceptors (Lipinski definition) is 11. The van der Waals surface area contributed by atoms with Crippen LogP contribution in [0.3, 0.4) is 0 Å². The molecule has 0 aromatic carbocycles. The van der Waals surface area contributed by atoms with Gasteiger partial charge in [0.2, 0.25) is 11.6 Å². The minimum Gasteiger partial charge on any atom is -0.547 e. The normalized spacial score (nSPS) is 12.7. The molecule has 2 atom stereocenters. The standard InChI is InChI=1S/C5H12NO3PS2.C4H6O6.Cu/c1-6-5(7)4-12-10(11,8-2)9-3;5-1(3(7)8)2(6)4(9)10;/h4H2,1-3H3,(H,6,7);1-2,5-6H,(H,7,8)(H,9,10);/q;;+2/p-2. The molecule has 0 saturated carbocycles. The van der Waals surface area contributed by atoms with Crippen molar-refractivity contribution in [2.24, 2.45) is 0 Å². The van der Waals surface area contributed by atoms with Crippen molar-refractivity contribution >= 4 is 46.7 Å². The number of nitrogens with one attached hydrogen (secondary N) is 1. The molecule has 0 aromatic rings. The molecule has 0 spiro atoms. The quantitative estimate of drug-likeness (QED) is 0.250. The van der Waals surface area contributed by atoms with E-state index in [4.69, 9.17) is 31.1 Å². The molecular formula is C9H16CuNO9PS2. The summed E-state index contributed by atoms with van der Waals surface area (Å²) in [6.45, 7) is 0. The molecule has 3 N–H and O–H groups in total. The third-order valence-corrected chi connectivity index (χ3v) is 7.54. The van der Waals surface area contributed by atoms with Crippen LogP contribution in [0.4, 0.5) is 0 Å². The zero-order chi connectivity index (χ0) is 17.9. The second kappa shape index (κ2) is 14.1. The van der Waals surface area contributed by atoms with Crippen LogP contribution in [0.25, 0.3) is 0 Å². The van der Waals surface area contributed by atoms with Gasteiger partial charge in [0.15, 0.2) is 0 Å². The second-order valence-electron chi connectivity index (χ2n) is 3.29. The molecule has 0 heterocycles. The van der Waals surface area contributed by atoms with Crippen LogP contribution in [-0.2, 0) is 52.3 Å². The second-order valence-corrected chi connectivity index (χ2v) is 9.81. The molecule has 0 aliphatic heterocycles. The first-order valence-corrected chi connectivity index (χ1v) is 9.62. The Morgan fingerprint density at radius 2 is 1.52 bits per heavy atom. The van der Waals surface area contributed by atoms with Crippen molar-refractivity contribution in [1.82, 2.24) is 5.32 Å². The van der Waals surface area contributed by atoms with Crippen molar-refractivity contribution in [2.45, 2.75) is 12.2 Å². The largest absolute Gasteiger partial charge is 2.00 e. The molecule has 10 nitrogen and oxygen atoms in total. The minimum atomic E-state index is -2.44.